The summed E-state index contributed by atoms with van der Waals surface area (Å²) in [7, 11) is 0. The number of carboxylic acid groups (broad SMARTS) is 1. The van der Waals surface area contributed by atoms with E-state index < -0.39 is 53.8 Å². The molecule has 5 atom stereocenters. The maximum atomic E-state index is 13.5. The Labute approximate surface area is 250 Å². The molecule has 0 saturated carbocycles. The molecular formula is C31H40N6O6. The fourth-order valence-electron chi connectivity index (χ4n) is 4.73. The number of rotatable bonds is 16. The Hall–Kier alpha value is -4.71. The number of fused-ring (bicyclic) bond motifs is 1. The molecule has 2 aromatic carbocycles. The number of nitrogens with two attached hydrogens (primary N) is 2. The van der Waals surface area contributed by atoms with Crippen LogP contribution in [0.3, 0.4) is 0 Å². The number of carbonyl (C=O) groups excluding carboxylic acids is 4. The van der Waals surface area contributed by atoms with Gasteiger partial charge in [0.15, 0.2) is 0 Å². The maximum Gasteiger partial charge on any atom is 0.326 e. The first-order valence-corrected chi connectivity index (χ1v) is 14.3. The molecule has 0 aliphatic rings. The number of primary amides is 1. The van der Waals surface area contributed by atoms with E-state index in [2.05, 4.69) is 20.9 Å². The summed E-state index contributed by atoms with van der Waals surface area (Å²) in [6.07, 6.45) is 2.05. The van der Waals surface area contributed by atoms with Crippen LogP contribution in [0.25, 0.3) is 10.9 Å². The molecule has 43 heavy (non-hydrogen) atoms. The molecule has 12 nitrogen and oxygen atoms in total. The van der Waals surface area contributed by atoms with Crippen molar-refractivity contribution in [2.45, 2.75) is 70.1 Å². The Bertz CT molecular complexity index is 1420. The number of nitrogens with one attached hydrogen (secondary N) is 4. The van der Waals surface area contributed by atoms with Crippen molar-refractivity contribution in [3.05, 3.63) is 71.9 Å². The van der Waals surface area contributed by atoms with Crippen LogP contribution in [0.5, 0.6) is 0 Å². The molecule has 5 unspecified atom stereocenters. The van der Waals surface area contributed by atoms with Crippen LogP contribution in [0, 0.1) is 5.92 Å². The predicted molar refractivity (Wildman–Crippen MR) is 161 cm³/mol. The normalized spacial score (nSPS) is 14.6. The highest BCUT2D eigenvalue weighted by Gasteiger charge is 2.33. The van der Waals surface area contributed by atoms with Gasteiger partial charge in [-0.15, -0.1) is 0 Å². The summed E-state index contributed by atoms with van der Waals surface area (Å²) in [5, 5.41) is 18.5. The van der Waals surface area contributed by atoms with Crippen LogP contribution in [0.15, 0.2) is 60.8 Å². The van der Waals surface area contributed by atoms with E-state index in [1.165, 1.54) is 0 Å². The molecule has 3 aromatic rings. The molecular weight excluding hydrogens is 552 g/mol. The lowest BCUT2D eigenvalue weighted by molar-refractivity contribution is -0.142. The summed E-state index contributed by atoms with van der Waals surface area (Å²) in [4.78, 5) is 66.5. The van der Waals surface area contributed by atoms with Crippen molar-refractivity contribution in [2.75, 3.05) is 0 Å². The average Bonchev–Trinajstić information content (AvgIpc) is 3.39. The molecule has 0 bridgehead atoms. The van der Waals surface area contributed by atoms with Crippen LogP contribution in [0.4, 0.5) is 0 Å². The Balaban J connectivity index is 1.74. The quantitative estimate of drug-likeness (QED) is 0.129. The van der Waals surface area contributed by atoms with Gasteiger partial charge < -0.3 is 37.5 Å². The zero-order chi connectivity index (χ0) is 31.5. The molecule has 230 valence electrons. The summed E-state index contributed by atoms with van der Waals surface area (Å²) in [6, 6.07) is 12.0. The predicted octanol–water partition coefficient (Wildman–Crippen LogP) is 1.13. The average molecular weight is 593 g/mol. The third-order valence-electron chi connectivity index (χ3n) is 7.45. The van der Waals surface area contributed by atoms with E-state index in [4.69, 9.17) is 11.5 Å². The second kappa shape index (κ2) is 15.5. The zero-order valence-electron chi connectivity index (χ0n) is 24.3. The number of carbonyl (C=O) groups is 5. The van der Waals surface area contributed by atoms with Gasteiger partial charge in [0.1, 0.15) is 18.1 Å². The minimum absolute atomic E-state index is 0.0214. The summed E-state index contributed by atoms with van der Waals surface area (Å²) >= 11 is 0. The van der Waals surface area contributed by atoms with Gasteiger partial charge in [-0.3, -0.25) is 19.2 Å². The number of hydrogen-bond donors (Lipinski definition) is 7. The Morgan fingerprint density at radius 2 is 1.51 bits per heavy atom. The van der Waals surface area contributed by atoms with Gasteiger partial charge in [-0.05, 0) is 36.0 Å². The fourth-order valence-corrected chi connectivity index (χ4v) is 4.73. The van der Waals surface area contributed by atoms with Gasteiger partial charge in [-0.25, -0.2) is 4.79 Å². The summed E-state index contributed by atoms with van der Waals surface area (Å²) in [5.74, 6) is -4.29. The Morgan fingerprint density at radius 3 is 2.16 bits per heavy atom. The molecule has 0 radical (unpaired) electrons. The van der Waals surface area contributed by atoms with Gasteiger partial charge in [0.05, 0.1) is 6.04 Å². The van der Waals surface area contributed by atoms with Gasteiger partial charge in [-0.2, -0.15) is 0 Å². The Morgan fingerprint density at radius 1 is 0.860 bits per heavy atom. The van der Waals surface area contributed by atoms with E-state index in [-0.39, 0.29) is 31.6 Å². The van der Waals surface area contributed by atoms with Crippen LogP contribution >= 0.6 is 0 Å². The van der Waals surface area contributed by atoms with Crippen LogP contribution < -0.4 is 27.4 Å². The lowest BCUT2D eigenvalue weighted by Gasteiger charge is -2.28. The van der Waals surface area contributed by atoms with Crippen LogP contribution in [-0.2, 0) is 36.8 Å². The largest absolute Gasteiger partial charge is 0.480 e. The van der Waals surface area contributed by atoms with E-state index in [0.29, 0.717) is 12.0 Å². The van der Waals surface area contributed by atoms with Gasteiger partial charge in [0, 0.05) is 29.9 Å². The second-order valence-electron chi connectivity index (χ2n) is 10.7. The lowest BCUT2D eigenvalue weighted by Crippen LogP contribution is -2.59. The lowest BCUT2D eigenvalue weighted by atomic mass is 9.96. The number of carboxylic acids is 1. The van der Waals surface area contributed by atoms with E-state index in [9.17, 15) is 29.1 Å². The van der Waals surface area contributed by atoms with Crippen LogP contribution in [0.1, 0.15) is 44.2 Å². The highest BCUT2D eigenvalue weighted by molar-refractivity contribution is 5.95. The van der Waals surface area contributed by atoms with Gasteiger partial charge in [0.25, 0.3) is 0 Å². The number of aromatic amines is 1. The highest BCUT2D eigenvalue weighted by atomic mass is 16.4. The number of para-hydroxylation sites is 1. The summed E-state index contributed by atoms with van der Waals surface area (Å²) in [5.41, 5.74) is 13.8. The van der Waals surface area contributed by atoms with Crippen molar-refractivity contribution >= 4 is 40.5 Å². The number of amides is 4. The number of aliphatic carboxylic acids is 1. The number of benzene rings is 2. The summed E-state index contributed by atoms with van der Waals surface area (Å²) in [6.45, 7) is 3.62. The van der Waals surface area contributed by atoms with Crippen molar-refractivity contribution in [3.63, 3.8) is 0 Å². The number of H-pyrrole nitrogens is 1. The molecule has 0 fully saturated rings. The van der Waals surface area contributed by atoms with Crippen molar-refractivity contribution in [3.8, 4) is 0 Å². The van der Waals surface area contributed by atoms with Crippen LogP contribution in [-0.4, -0.2) is 63.9 Å². The molecule has 0 saturated heterocycles. The molecule has 0 aliphatic heterocycles. The molecule has 3 rings (SSSR count). The monoisotopic (exact) mass is 592 g/mol. The first-order valence-electron chi connectivity index (χ1n) is 14.3. The molecule has 1 aromatic heterocycles. The van der Waals surface area contributed by atoms with Crippen molar-refractivity contribution in [2.24, 2.45) is 17.4 Å². The second-order valence-corrected chi connectivity index (χ2v) is 10.7. The molecule has 0 spiro atoms. The first kappa shape index (κ1) is 32.8. The van der Waals surface area contributed by atoms with E-state index >= 15 is 0 Å². The van der Waals surface area contributed by atoms with Gasteiger partial charge in [0.2, 0.25) is 23.6 Å². The minimum Gasteiger partial charge on any atom is -0.480 e. The third-order valence-corrected chi connectivity index (χ3v) is 7.45. The van der Waals surface area contributed by atoms with E-state index in [0.717, 1.165) is 16.5 Å². The maximum absolute atomic E-state index is 13.5. The highest BCUT2D eigenvalue weighted by Crippen LogP contribution is 2.19. The van der Waals surface area contributed by atoms with Crippen molar-refractivity contribution in [1.82, 2.24) is 20.9 Å². The molecule has 0 aliphatic carbocycles. The third kappa shape index (κ3) is 9.40. The number of aromatic nitrogens is 1. The first-order chi connectivity index (χ1) is 20.5. The van der Waals surface area contributed by atoms with Crippen LogP contribution in [0.2, 0.25) is 0 Å². The van der Waals surface area contributed by atoms with Gasteiger partial charge >= 0.3 is 5.97 Å². The molecule has 4 amide bonds. The topological polar surface area (TPSA) is 209 Å². The fraction of sp³-hybridized carbons (Fsp3) is 0.387. The molecule has 1 heterocycles. The summed E-state index contributed by atoms with van der Waals surface area (Å²) < 4.78 is 0. The standard InChI is InChI=1S/C31H40N6O6/c1-3-18(2)27(37-28(39)22(32)15-19-9-5-4-6-10-19)30(41)35-24(13-14-26(33)38)29(40)36-25(31(42)43)16-20-17-34-23-12-8-7-11-21(20)23/h4-12,17-18,22,24-25,27,34H,3,13-16,32H2,1-2H3,(H2,33,38)(H,35,41)(H,36,40)(H,37,39)(H,42,43). The Kier molecular flexibility index (Phi) is 11.8. The smallest absolute Gasteiger partial charge is 0.326 e. The van der Waals surface area contributed by atoms with Crippen molar-refractivity contribution in [1.29, 1.82) is 0 Å². The van der Waals surface area contributed by atoms with E-state index in [1.807, 2.05) is 61.5 Å². The molecule has 9 N–H and O–H groups in total. The van der Waals surface area contributed by atoms with Crippen molar-refractivity contribution < 1.29 is 29.1 Å². The van der Waals surface area contributed by atoms with Gasteiger partial charge in [-0.1, -0.05) is 68.8 Å². The minimum atomic E-state index is -1.32. The van der Waals surface area contributed by atoms with E-state index in [1.54, 1.807) is 13.1 Å². The zero-order valence-corrected chi connectivity index (χ0v) is 24.3. The number of hydrogen-bond acceptors (Lipinski definition) is 6. The SMILES string of the molecule is CCC(C)C(NC(=O)C(N)Cc1ccccc1)C(=O)NC(CCC(N)=O)C(=O)NC(Cc1c[nH]c2ccccc12)C(=O)O. The molecule has 12 heteroatoms.